The first-order valence-electron chi connectivity index (χ1n) is 8.38. The van der Waals surface area contributed by atoms with Crippen molar-refractivity contribution in [3.8, 4) is 5.75 Å². The van der Waals surface area contributed by atoms with Gasteiger partial charge in [-0.05, 0) is 36.8 Å². The summed E-state index contributed by atoms with van der Waals surface area (Å²) in [4.78, 5) is 40.8. The van der Waals surface area contributed by atoms with Crippen LogP contribution in [0.1, 0.15) is 17.7 Å². The fraction of sp³-hybridized carbons (Fsp3) is 0.316. The number of nitrogens with one attached hydrogen (secondary N) is 2. The highest BCUT2D eigenvalue weighted by Gasteiger charge is 2.34. The van der Waals surface area contributed by atoms with Gasteiger partial charge in [0.15, 0.2) is 0 Å². The van der Waals surface area contributed by atoms with E-state index in [0.29, 0.717) is 13.1 Å². The van der Waals surface area contributed by atoms with E-state index in [4.69, 9.17) is 4.74 Å². The second-order valence-corrected chi connectivity index (χ2v) is 6.40. The summed E-state index contributed by atoms with van der Waals surface area (Å²) in [5, 5.41) is 2.62. The van der Waals surface area contributed by atoms with Crippen molar-refractivity contribution in [1.82, 2.24) is 9.88 Å². The van der Waals surface area contributed by atoms with Gasteiger partial charge in [-0.3, -0.25) is 14.4 Å². The molecule has 3 rings (SSSR count). The second kappa shape index (κ2) is 7.43. The number of anilines is 1. The normalized spacial score (nSPS) is 16.6. The number of pyridine rings is 1. The summed E-state index contributed by atoms with van der Waals surface area (Å²) >= 11 is 0. The number of amides is 2. The SMILES string of the molecule is COc1ccc(CN2CC(C(=O)Nc3ccc(C)[nH]c3=O)CC2=O)cc1. The first-order chi connectivity index (χ1) is 12.5. The number of carbonyl (C=O) groups is 2. The molecule has 7 nitrogen and oxygen atoms in total. The molecular formula is C19H21N3O4. The first-order valence-corrected chi connectivity index (χ1v) is 8.38. The first kappa shape index (κ1) is 17.7. The number of methoxy groups -OCH3 is 1. The topological polar surface area (TPSA) is 91.5 Å². The summed E-state index contributed by atoms with van der Waals surface area (Å²) in [5.74, 6) is -0.104. The number of aromatic amines is 1. The van der Waals surface area contributed by atoms with Crippen LogP contribution in [0.4, 0.5) is 5.69 Å². The number of hydrogen-bond donors (Lipinski definition) is 2. The molecule has 136 valence electrons. The van der Waals surface area contributed by atoms with Crippen LogP contribution in [0.2, 0.25) is 0 Å². The number of benzene rings is 1. The van der Waals surface area contributed by atoms with Gasteiger partial charge in [0.25, 0.3) is 5.56 Å². The van der Waals surface area contributed by atoms with Crippen LogP contribution in [-0.4, -0.2) is 35.4 Å². The van der Waals surface area contributed by atoms with E-state index in [9.17, 15) is 14.4 Å². The number of H-pyrrole nitrogens is 1. The van der Waals surface area contributed by atoms with E-state index in [1.54, 1.807) is 31.1 Å². The van der Waals surface area contributed by atoms with E-state index in [1.807, 2.05) is 24.3 Å². The third-order valence-electron chi connectivity index (χ3n) is 4.43. The van der Waals surface area contributed by atoms with Crippen molar-refractivity contribution >= 4 is 17.5 Å². The molecule has 1 aliphatic rings. The van der Waals surface area contributed by atoms with E-state index >= 15 is 0 Å². The van der Waals surface area contributed by atoms with E-state index < -0.39 is 5.92 Å². The molecule has 0 bridgehead atoms. The van der Waals surface area contributed by atoms with Gasteiger partial charge in [0.1, 0.15) is 11.4 Å². The van der Waals surface area contributed by atoms with Crippen molar-refractivity contribution in [3.63, 3.8) is 0 Å². The molecule has 1 fully saturated rings. The molecule has 0 spiro atoms. The minimum atomic E-state index is -0.471. The van der Waals surface area contributed by atoms with Crippen LogP contribution in [0.3, 0.4) is 0 Å². The Kier molecular flexibility index (Phi) is 5.06. The Labute approximate surface area is 151 Å². The number of likely N-dealkylation sites (tertiary alicyclic amines) is 1. The zero-order chi connectivity index (χ0) is 18.7. The van der Waals surface area contributed by atoms with Crippen LogP contribution < -0.4 is 15.6 Å². The minimum Gasteiger partial charge on any atom is -0.497 e. The molecule has 1 aliphatic heterocycles. The third kappa shape index (κ3) is 3.93. The number of aromatic nitrogens is 1. The molecule has 1 atom stereocenters. The van der Waals surface area contributed by atoms with Gasteiger partial charge >= 0.3 is 0 Å². The van der Waals surface area contributed by atoms with Crippen molar-refractivity contribution in [2.75, 3.05) is 19.0 Å². The number of rotatable bonds is 5. The predicted molar refractivity (Wildman–Crippen MR) is 96.9 cm³/mol. The van der Waals surface area contributed by atoms with Crippen LogP contribution in [0.15, 0.2) is 41.2 Å². The molecule has 7 heteroatoms. The van der Waals surface area contributed by atoms with Crippen LogP contribution in [0.25, 0.3) is 0 Å². The molecule has 1 aromatic heterocycles. The molecule has 0 saturated carbocycles. The van der Waals surface area contributed by atoms with Gasteiger partial charge in [0.05, 0.1) is 13.0 Å². The Morgan fingerprint density at radius 1 is 1.23 bits per heavy atom. The summed E-state index contributed by atoms with van der Waals surface area (Å²) in [5.41, 5.74) is 1.53. The number of hydrogen-bond acceptors (Lipinski definition) is 4. The van der Waals surface area contributed by atoms with E-state index in [0.717, 1.165) is 17.0 Å². The highest BCUT2D eigenvalue weighted by Crippen LogP contribution is 2.22. The van der Waals surface area contributed by atoms with E-state index in [1.165, 1.54) is 0 Å². The summed E-state index contributed by atoms with van der Waals surface area (Å²) in [6.07, 6.45) is 0.145. The van der Waals surface area contributed by atoms with Gasteiger partial charge in [-0.1, -0.05) is 12.1 Å². The van der Waals surface area contributed by atoms with E-state index in [2.05, 4.69) is 10.3 Å². The Bertz CT molecular complexity index is 873. The average molecular weight is 355 g/mol. The lowest BCUT2D eigenvalue weighted by Crippen LogP contribution is -2.29. The van der Waals surface area contributed by atoms with Crippen LogP contribution in [0, 0.1) is 12.8 Å². The van der Waals surface area contributed by atoms with Crippen LogP contribution in [-0.2, 0) is 16.1 Å². The molecule has 2 amide bonds. The second-order valence-electron chi connectivity index (χ2n) is 6.40. The molecule has 1 unspecified atom stereocenters. The van der Waals surface area contributed by atoms with Gasteiger partial charge in [-0.25, -0.2) is 0 Å². The highest BCUT2D eigenvalue weighted by molar-refractivity contribution is 5.97. The van der Waals surface area contributed by atoms with Gasteiger partial charge < -0.3 is 19.9 Å². The van der Waals surface area contributed by atoms with Crippen molar-refractivity contribution in [2.24, 2.45) is 5.92 Å². The van der Waals surface area contributed by atoms with Crippen molar-refractivity contribution in [2.45, 2.75) is 19.9 Å². The number of aryl methyl sites for hydroxylation is 1. The summed E-state index contributed by atoms with van der Waals surface area (Å²) < 4.78 is 5.12. The lowest BCUT2D eigenvalue weighted by Gasteiger charge is -2.17. The minimum absolute atomic E-state index is 0.0706. The molecule has 1 aromatic carbocycles. The van der Waals surface area contributed by atoms with Crippen LogP contribution >= 0.6 is 0 Å². The maximum absolute atomic E-state index is 12.4. The molecule has 0 radical (unpaired) electrons. The number of carbonyl (C=O) groups excluding carboxylic acids is 2. The number of nitrogens with zero attached hydrogens (tertiary/aromatic N) is 1. The van der Waals surface area contributed by atoms with Crippen molar-refractivity contribution in [3.05, 3.63) is 58.0 Å². The molecule has 26 heavy (non-hydrogen) atoms. The predicted octanol–water partition coefficient (Wildman–Crippen LogP) is 1.68. The smallest absolute Gasteiger partial charge is 0.271 e. The third-order valence-corrected chi connectivity index (χ3v) is 4.43. The van der Waals surface area contributed by atoms with Crippen LogP contribution in [0.5, 0.6) is 5.75 Å². The maximum atomic E-state index is 12.4. The van der Waals surface area contributed by atoms with Gasteiger partial charge in [0.2, 0.25) is 11.8 Å². The van der Waals surface area contributed by atoms with Crippen molar-refractivity contribution in [1.29, 1.82) is 0 Å². The molecule has 2 heterocycles. The van der Waals surface area contributed by atoms with Gasteiger partial charge in [-0.2, -0.15) is 0 Å². The monoisotopic (exact) mass is 355 g/mol. The summed E-state index contributed by atoms with van der Waals surface area (Å²) in [7, 11) is 1.60. The highest BCUT2D eigenvalue weighted by atomic mass is 16.5. The number of ether oxygens (including phenoxy) is 1. The zero-order valence-electron chi connectivity index (χ0n) is 14.7. The molecule has 2 aromatic rings. The molecular weight excluding hydrogens is 334 g/mol. The molecule has 2 N–H and O–H groups in total. The maximum Gasteiger partial charge on any atom is 0.271 e. The molecule has 0 aliphatic carbocycles. The summed E-state index contributed by atoms with van der Waals surface area (Å²) in [6.45, 7) is 2.54. The fourth-order valence-corrected chi connectivity index (χ4v) is 2.96. The van der Waals surface area contributed by atoms with Gasteiger partial charge in [-0.15, -0.1) is 0 Å². The lowest BCUT2D eigenvalue weighted by molar-refractivity contribution is -0.128. The van der Waals surface area contributed by atoms with Gasteiger partial charge in [0, 0.05) is 25.2 Å². The summed E-state index contributed by atoms with van der Waals surface area (Å²) in [6, 6.07) is 10.7. The average Bonchev–Trinajstić information content (AvgIpc) is 2.99. The lowest BCUT2D eigenvalue weighted by atomic mass is 10.1. The Balaban J connectivity index is 1.62. The zero-order valence-corrected chi connectivity index (χ0v) is 14.7. The van der Waals surface area contributed by atoms with Crippen molar-refractivity contribution < 1.29 is 14.3 Å². The standard InChI is InChI=1S/C19H21N3O4/c1-12-3-8-16(19(25)20-12)21-18(24)14-9-17(23)22(11-14)10-13-4-6-15(26-2)7-5-13/h3-8,14H,9-11H2,1-2H3,(H,20,25)(H,21,24). The largest absolute Gasteiger partial charge is 0.497 e. The fourth-order valence-electron chi connectivity index (χ4n) is 2.96. The van der Waals surface area contributed by atoms with E-state index in [-0.39, 0.29) is 29.5 Å². The Hall–Kier alpha value is -3.09. The quantitative estimate of drug-likeness (QED) is 0.854. The Morgan fingerprint density at radius 2 is 1.96 bits per heavy atom. The Morgan fingerprint density at radius 3 is 2.62 bits per heavy atom. The molecule has 1 saturated heterocycles.